The quantitative estimate of drug-likeness (QED) is 0.674. The number of pyridine rings is 1. The molecule has 1 aliphatic rings. The molecular weight excluding hydrogens is 380 g/mol. The number of nitrogens with one attached hydrogen (secondary N) is 1. The number of nitrogens with zero attached hydrogens (tertiary/aromatic N) is 3. The van der Waals surface area contributed by atoms with Crippen molar-refractivity contribution in [1.29, 1.82) is 0 Å². The van der Waals surface area contributed by atoms with Gasteiger partial charge in [0, 0.05) is 30.6 Å². The van der Waals surface area contributed by atoms with Gasteiger partial charge in [-0.1, -0.05) is 12.5 Å². The molecule has 1 fully saturated rings. The van der Waals surface area contributed by atoms with E-state index in [0.717, 1.165) is 54.9 Å². The number of piperidine rings is 1. The number of likely N-dealkylation sites (tertiary alicyclic amines) is 1. The highest BCUT2D eigenvalue weighted by Crippen LogP contribution is 2.33. The van der Waals surface area contributed by atoms with Gasteiger partial charge in [-0.05, 0) is 49.2 Å². The van der Waals surface area contributed by atoms with Crippen LogP contribution in [0.4, 0.5) is 0 Å². The van der Waals surface area contributed by atoms with E-state index in [0.29, 0.717) is 11.6 Å². The van der Waals surface area contributed by atoms with Gasteiger partial charge < -0.3 is 14.5 Å². The molecule has 156 valence electrons. The number of aromatic nitrogens is 3. The molecule has 0 spiro atoms. The Kier molecular flexibility index (Phi) is 6.09. The Balaban J connectivity index is 1.63. The van der Waals surface area contributed by atoms with E-state index >= 15 is 0 Å². The SMILES string of the molecule is COc1ccc(CN2CCCC[C@H]2c2cc(=O)[nH]c(-c3cccnc3)n2)cc1OC. The zero-order valence-electron chi connectivity index (χ0n) is 17.3. The first-order chi connectivity index (χ1) is 14.7. The smallest absolute Gasteiger partial charge is 0.251 e. The van der Waals surface area contributed by atoms with Gasteiger partial charge in [0.25, 0.3) is 5.56 Å². The van der Waals surface area contributed by atoms with Crippen molar-refractivity contribution in [2.75, 3.05) is 20.8 Å². The fourth-order valence-corrected chi connectivity index (χ4v) is 4.02. The van der Waals surface area contributed by atoms with Crippen LogP contribution < -0.4 is 15.0 Å². The Morgan fingerprint density at radius 1 is 1.13 bits per heavy atom. The fraction of sp³-hybridized carbons (Fsp3) is 0.348. The Morgan fingerprint density at radius 2 is 2.00 bits per heavy atom. The molecule has 1 N–H and O–H groups in total. The van der Waals surface area contributed by atoms with Crippen molar-refractivity contribution >= 4 is 0 Å². The summed E-state index contributed by atoms with van der Waals surface area (Å²) in [6, 6.07) is 11.4. The third-order valence-corrected chi connectivity index (χ3v) is 5.49. The summed E-state index contributed by atoms with van der Waals surface area (Å²) in [4.78, 5) is 26.5. The minimum absolute atomic E-state index is 0.0876. The number of rotatable bonds is 6. The third-order valence-electron chi connectivity index (χ3n) is 5.49. The van der Waals surface area contributed by atoms with Gasteiger partial charge in [0.2, 0.25) is 0 Å². The number of methoxy groups -OCH3 is 2. The van der Waals surface area contributed by atoms with Crippen molar-refractivity contribution in [2.24, 2.45) is 0 Å². The summed E-state index contributed by atoms with van der Waals surface area (Å²) in [5, 5.41) is 0. The summed E-state index contributed by atoms with van der Waals surface area (Å²) in [7, 11) is 3.28. The number of aromatic amines is 1. The molecule has 3 heterocycles. The van der Waals surface area contributed by atoms with Crippen molar-refractivity contribution in [3.8, 4) is 22.9 Å². The van der Waals surface area contributed by atoms with E-state index in [1.165, 1.54) is 0 Å². The molecular formula is C23H26N4O3. The standard InChI is InChI=1S/C23H26N4O3/c1-29-20-9-8-16(12-21(20)30-2)15-27-11-4-3-7-19(27)18-13-22(28)26-23(25-18)17-6-5-10-24-14-17/h5-6,8-10,12-14,19H,3-4,7,11,15H2,1-2H3,(H,25,26,28)/t19-/m0/s1. The molecule has 2 aromatic heterocycles. The summed E-state index contributed by atoms with van der Waals surface area (Å²) in [5.74, 6) is 1.99. The first-order valence-electron chi connectivity index (χ1n) is 10.1. The molecule has 7 heteroatoms. The van der Waals surface area contributed by atoms with Crippen molar-refractivity contribution in [1.82, 2.24) is 19.9 Å². The summed E-state index contributed by atoms with van der Waals surface area (Å²) in [5.41, 5.74) is 2.60. The number of benzene rings is 1. The summed E-state index contributed by atoms with van der Waals surface area (Å²) in [6.45, 7) is 1.71. The van der Waals surface area contributed by atoms with E-state index in [9.17, 15) is 4.79 Å². The Bertz CT molecular complexity index is 1050. The highest BCUT2D eigenvalue weighted by molar-refractivity contribution is 5.52. The van der Waals surface area contributed by atoms with Crippen LogP contribution in [0.3, 0.4) is 0 Å². The van der Waals surface area contributed by atoms with Gasteiger partial charge in [-0.15, -0.1) is 0 Å². The van der Waals surface area contributed by atoms with Gasteiger partial charge >= 0.3 is 0 Å². The van der Waals surface area contributed by atoms with Crippen LogP contribution >= 0.6 is 0 Å². The first-order valence-corrected chi connectivity index (χ1v) is 10.1. The first kappa shape index (κ1) is 20.1. The minimum Gasteiger partial charge on any atom is -0.493 e. The van der Waals surface area contributed by atoms with Crippen molar-refractivity contribution in [3.05, 3.63) is 70.4 Å². The molecule has 0 amide bonds. The maximum atomic E-state index is 12.4. The highest BCUT2D eigenvalue weighted by atomic mass is 16.5. The van der Waals surface area contributed by atoms with E-state index in [4.69, 9.17) is 14.5 Å². The average molecular weight is 406 g/mol. The summed E-state index contributed by atoms with van der Waals surface area (Å²) in [6.07, 6.45) is 6.63. The number of hydrogen-bond donors (Lipinski definition) is 1. The van der Waals surface area contributed by atoms with E-state index in [2.05, 4.69) is 20.9 Å². The lowest BCUT2D eigenvalue weighted by Gasteiger charge is -2.35. The van der Waals surface area contributed by atoms with Crippen LogP contribution in [-0.4, -0.2) is 40.6 Å². The Hall–Kier alpha value is -3.19. The Morgan fingerprint density at radius 3 is 2.77 bits per heavy atom. The number of hydrogen-bond acceptors (Lipinski definition) is 6. The lowest BCUT2D eigenvalue weighted by Crippen LogP contribution is -2.34. The van der Waals surface area contributed by atoms with Crippen molar-refractivity contribution in [3.63, 3.8) is 0 Å². The summed E-state index contributed by atoms with van der Waals surface area (Å²) >= 11 is 0. The predicted molar refractivity (Wildman–Crippen MR) is 115 cm³/mol. The molecule has 0 aliphatic carbocycles. The van der Waals surface area contributed by atoms with Gasteiger partial charge in [-0.25, -0.2) is 4.98 Å². The van der Waals surface area contributed by atoms with Crippen LogP contribution in [0.5, 0.6) is 11.5 Å². The molecule has 30 heavy (non-hydrogen) atoms. The van der Waals surface area contributed by atoms with Gasteiger partial charge in [0.1, 0.15) is 5.82 Å². The van der Waals surface area contributed by atoms with E-state index in [-0.39, 0.29) is 11.6 Å². The largest absolute Gasteiger partial charge is 0.493 e. The fourth-order valence-electron chi connectivity index (χ4n) is 4.02. The van der Waals surface area contributed by atoms with Gasteiger partial charge in [-0.2, -0.15) is 0 Å². The van der Waals surface area contributed by atoms with E-state index < -0.39 is 0 Å². The average Bonchev–Trinajstić information content (AvgIpc) is 2.79. The highest BCUT2D eigenvalue weighted by Gasteiger charge is 2.26. The predicted octanol–water partition coefficient (Wildman–Crippen LogP) is 3.58. The molecule has 1 aromatic carbocycles. The normalized spacial score (nSPS) is 16.9. The van der Waals surface area contributed by atoms with Crippen LogP contribution in [0.25, 0.3) is 11.4 Å². The van der Waals surface area contributed by atoms with Crippen LogP contribution in [-0.2, 0) is 6.54 Å². The molecule has 1 aliphatic heterocycles. The maximum Gasteiger partial charge on any atom is 0.251 e. The van der Waals surface area contributed by atoms with Crippen molar-refractivity contribution < 1.29 is 9.47 Å². The van der Waals surface area contributed by atoms with Crippen LogP contribution in [0.2, 0.25) is 0 Å². The number of H-pyrrole nitrogens is 1. The lowest BCUT2D eigenvalue weighted by molar-refractivity contribution is 0.137. The Labute approximate surface area is 175 Å². The molecule has 1 atom stereocenters. The molecule has 7 nitrogen and oxygen atoms in total. The second-order valence-corrected chi connectivity index (χ2v) is 7.43. The molecule has 0 saturated carbocycles. The third kappa shape index (κ3) is 4.36. The molecule has 0 unspecified atom stereocenters. The second kappa shape index (κ2) is 9.09. The minimum atomic E-state index is -0.143. The molecule has 4 rings (SSSR count). The zero-order chi connectivity index (χ0) is 20.9. The van der Waals surface area contributed by atoms with E-state index in [1.807, 2.05) is 24.3 Å². The molecule has 1 saturated heterocycles. The number of ether oxygens (including phenoxy) is 2. The monoisotopic (exact) mass is 406 g/mol. The van der Waals surface area contributed by atoms with Crippen LogP contribution in [0.1, 0.15) is 36.6 Å². The van der Waals surface area contributed by atoms with Crippen molar-refractivity contribution in [2.45, 2.75) is 31.8 Å². The van der Waals surface area contributed by atoms with Gasteiger partial charge in [0.05, 0.1) is 26.0 Å². The zero-order valence-corrected chi connectivity index (χ0v) is 17.3. The van der Waals surface area contributed by atoms with E-state index in [1.54, 1.807) is 32.7 Å². The molecule has 3 aromatic rings. The summed E-state index contributed by atoms with van der Waals surface area (Å²) < 4.78 is 10.8. The van der Waals surface area contributed by atoms with Crippen LogP contribution in [0.15, 0.2) is 53.6 Å². The van der Waals surface area contributed by atoms with Gasteiger partial charge in [0.15, 0.2) is 11.5 Å². The van der Waals surface area contributed by atoms with Gasteiger partial charge in [-0.3, -0.25) is 14.7 Å². The molecule has 0 radical (unpaired) electrons. The topological polar surface area (TPSA) is 80.3 Å². The maximum absolute atomic E-state index is 12.4. The second-order valence-electron chi connectivity index (χ2n) is 7.43. The molecule has 0 bridgehead atoms. The van der Waals surface area contributed by atoms with Crippen LogP contribution in [0, 0.1) is 0 Å². The lowest BCUT2D eigenvalue weighted by atomic mass is 9.98.